The number of Topliss-reactive ketones (excluding diaryl/α,β-unsaturated/α-hetero) is 1. The van der Waals surface area contributed by atoms with Crippen LogP contribution in [0.15, 0.2) is 101 Å². The second-order valence-corrected chi connectivity index (χ2v) is 11.5. The number of methoxy groups -OCH3 is 1. The van der Waals surface area contributed by atoms with E-state index >= 15 is 0 Å². The van der Waals surface area contributed by atoms with Crippen LogP contribution in [0.3, 0.4) is 0 Å². The monoisotopic (exact) mass is 551 g/mol. The molecule has 0 spiro atoms. The first kappa shape index (κ1) is 28.2. The molecule has 1 aliphatic carbocycles. The number of carbonyl (C=O) groups excluding carboxylic acids is 2. The average Bonchev–Trinajstić information content (AvgIpc) is 2.95. The summed E-state index contributed by atoms with van der Waals surface area (Å²) in [4.78, 5) is 27.3. The molecule has 0 fully saturated rings. The van der Waals surface area contributed by atoms with E-state index in [1.807, 2.05) is 85.8 Å². The van der Waals surface area contributed by atoms with Crippen molar-refractivity contribution in [1.82, 2.24) is 5.32 Å². The summed E-state index contributed by atoms with van der Waals surface area (Å²) < 4.78 is 17.6. The Balaban J connectivity index is 1.47. The molecule has 1 heterocycles. The number of allylic oxidation sites excluding steroid dienone is 3. The van der Waals surface area contributed by atoms with Crippen molar-refractivity contribution in [3.05, 3.63) is 118 Å². The largest absolute Gasteiger partial charge is 0.493 e. The Kier molecular flexibility index (Phi) is 8.29. The number of benzene rings is 3. The molecule has 41 heavy (non-hydrogen) atoms. The minimum Gasteiger partial charge on any atom is -0.493 e. The van der Waals surface area contributed by atoms with Crippen LogP contribution in [0.2, 0.25) is 0 Å². The third kappa shape index (κ3) is 6.37. The standard InChI is InChI=1S/C35H37NO5/c1-23-31(34(38)40-18-17-24-11-7-5-8-12-24)32(33-27(36-23)20-35(2,3)21-28(33)37)26-15-16-29(30(19-26)39-4)41-22-25-13-9-6-10-14-25/h5-16,19,32,36H,17-18,20-22H2,1-4H3/t32-/m0/s1. The van der Waals surface area contributed by atoms with Gasteiger partial charge in [0.15, 0.2) is 17.3 Å². The van der Waals surface area contributed by atoms with Crippen LogP contribution in [0.4, 0.5) is 0 Å². The van der Waals surface area contributed by atoms with Crippen molar-refractivity contribution in [2.45, 2.75) is 52.6 Å². The van der Waals surface area contributed by atoms with E-state index in [1.54, 1.807) is 7.11 Å². The lowest BCUT2D eigenvalue weighted by atomic mass is 9.68. The van der Waals surface area contributed by atoms with Crippen LogP contribution >= 0.6 is 0 Å². The lowest BCUT2D eigenvalue weighted by Gasteiger charge is -2.39. The Labute approximate surface area is 242 Å². The number of rotatable bonds is 9. The maximum absolute atomic E-state index is 13.7. The molecule has 3 aromatic carbocycles. The van der Waals surface area contributed by atoms with Gasteiger partial charge in [-0.05, 0) is 47.6 Å². The quantitative estimate of drug-likeness (QED) is 0.300. The Bertz CT molecular complexity index is 1490. The molecule has 1 aliphatic heterocycles. The first-order valence-electron chi connectivity index (χ1n) is 14.1. The Morgan fingerprint density at radius 2 is 1.61 bits per heavy atom. The average molecular weight is 552 g/mol. The van der Waals surface area contributed by atoms with E-state index in [0.717, 1.165) is 22.4 Å². The minimum absolute atomic E-state index is 0.0409. The van der Waals surface area contributed by atoms with E-state index in [9.17, 15) is 9.59 Å². The van der Waals surface area contributed by atoms with Crippen LogP contribution in [-0.2, 0) is 27.4 Å². The van der Waals surface area contributed by atoms with Crippen LogP contribution in [-0.4, -0.2) is 25.5 Å². The molecule has 0 unspecified atom stereocenters. The smallest absolute Gasteiger partial charge is 0.336 e. The fourth-order valence-corrected chi connectivity index (χ4v) is 5.74. The lowest BCUT2D eigenvalue weighted by Crippen LogP contribution is -2.38. The number of nitrogens with one attached hydrogen (secondary N) is 1. The number of carbonyl (C=O) groups is 2. The predicted octanol–water partition coefficient (Wildman–Crippen LogP) is 6.66. The molecule has 6 nitrogen and oxygen atoms in total. The van der Waals surface area contributed by atoms with Gasteiger partial charge in [0.1, 0.15) is 6.61 Å². The second kappa shape index (κ2) is 12.0. The van der Waals surface area contributed by atoms with Gasteiger partial charge in [-0.3, -0.25) is 4.79 Å². The summed E-state index contributed by atoms with van der Waals surface area (Å²) in [5, 5.41) is 3.40. The Hall–Kier alpha value is -4.32. The molecule has 1 atom stereocenters. The molecule has 0 aromatic heterocycles. The topological polar surface area (TPSA) is 73.9 Å². The summed E-state index contributed by atoms with van der Waals surface area (Å²) in [6.07, 6.45) is 1.74. The minimum atomic E-state index is -0.573. The summed E-state index contributed by atoms with van der Waals surface area (Å²) in [5.41, 5.74) is 5.40. The second-order valence-electron chi connectivity index (χ2n) is 11.5. The third-order valence-corrected chi connectivity index (χ3v) is 7.68. The number of esters is 1. The van der Waals surface area contributed by atoms with Gasteiger partial charge in [0.2, 0.25) is 0 Å². The van der Waals surface area contributed by atoms with Gasteiger partial charge in [0.25, 0.3) is 0 Å². The van der Waals surface area contributed by atoms with Crippen LogP contribution in [0.1, 0.15) is 56.2 Å². The van der Waals surface area contributed by atoms with Gasteiger partial charge in [-0.2, -0.15) is 0 Å². The van der Waals surface area contributed by atoms with Crippen molar-refractivity contribution >= 4 is 11.8 Å². The van der Waals surface area contributed by atoms with Crippen molar-refractivity contribution in [3.8, 4) is 11.5 Å². The molecule has 0 saturated carbocycles. The number of hydrogen-bond acceptors (Lipinski definition) is 6. The zero-order chi connectivity index (χ0) is 29.0. The van der Waals surface area contributed by atoms with Crippen molar-refractivity contribution in [2.24, 2.45) is 5.41 Å². The summed E-state index contributed by atoms with van der Waals surface area (Å²) in [5.74, 6) is 0.169. The van der Waals surface area contributed by atoms with Gasteiger partial charge in [-0.25, -0.2) is 4.79 Å². The molecule has 0 amide bonds. The molecule has 6 heteroatoms. The van der Waals surface area contributed by atoms with Crippen molar-refractivity contribution in [3.63, 3.8) is 0 Å². The summed E-state index contributed by atoms with van der Waals surface area (Å²) in [6, 6.07) is 25.5. The third-order valence-electron chi connectivity index (χ3n) is 7.68. The van der Waals surface area contributed by atoms with Crippen LogP contribution in [0, 0.1) is 5.41 Å². The fourth-order valence-electron chi connectivity index (χ4n) is 5.74. The van der Waals surface area contributed by atoms with Gasteiger partial charge < -0.3 is 19.5 Å². The molecular formula is C35H37NO5. The highest BCUT2D eigenvalue weighted by Crippen LogP contribution is 2.48. The number of ether oxygens (including phenoxy) is 3. The van der Waals surface area contributed by atoms with E-state index in [1.165, 1.54) is 0 Å². The maximum atomic E-state index is 13.7. The van der Waals surface area contributed by atoms with Gasteiger partial charge in [0, 0.05) is 35.7 Å². The summed E-state index contributed by atoms with van der Waals surface area (Å²) in [7, 11) is 1.59. The molecule has 2 aliphatic rings. The first-order chi connectivity index (χ1) is 19.8. The lowest BCUT2D eigenvalue weighted by molar-refractivity contribution is -0.139. The first-order valence-corrected chi connectivity index (χ1v) is 14.1. The van der Waals surface area contributed by atoms with E-state index < -0.39 is 11.9 Å². The van der Waals surface area contributed by atoms with Crippen LogP contribution < -0.4 is 14.8 Å². The van der Waals surface area contributed by atoms with Crippen LogP contribution in [0.5, 0.6) is 11.5 Å². The zero-order valence-electron chi connectivity index (χ0n) is 24.2. The van der Waals surface area contributed by atoms with E-state index in [-0.39, 0.29) is 17.8 Å². The summed E-state index contributed by atoms with van der Waals surface area (Å²) in [6.45, 7) is 6.71. The predicted molar refractivity (Wildman–Crippen MR) is 158 cm³/mol. The Morgan fingerprint density at radius 3 is 2.29 bits per heavy atom. The SMILES string of the molecule is COc1cc([C@H]2C(C(=O)OCCc3ccccc3)=C(C)NC3=C2C(=O)CC(C)(C)C3)ccc1OCc1ccccc1. The molecule has 0 radical (unpaired) electrons. The van der Waals surface area contributed by atoms with Crippen molar-refractivity contribution < 1.29 is 23.8 Å². The molecule has 0 saturated heterocycles. The van der Waals surface area contributed by atoms with Crippen molar-refractivity contribution in [1.29, 1.82) is 0 Å². The molecule has 3 aromatic rings. The van der Waals surface area contributed by atoms with Gasteiger partial charge in [-0.1, -0.05) is 80.6 Å². The van der Waals surface area contributed by atoms with Gasteiger partial charge in [0.05, 0.1) is 19.3 Å². The van der Waals surface area contributed by atoms with E-state index in [2.05, 4.69) is 19.2 Å². The Morgan fingerprint density at radius 1 is 0.927 bits per heavy atom. The van der Waals surface area contributed by atoms with Gasteiger partial charge in [-0.15, -0.1) is 0 Å². The number of dihydropyridines is 1. The highest BCUT2D eigenvalue weighted by Gasteiger charge is 2.43. The van der Waals surface area contributed by atoms with E-state index in [4.69, 9.17) is 14.2 Å². The van der Waals surface area contributed by atoms with Gasteiger partial charge >= 0.3 is 5.97 Å². The van der Waals surface area contributed by atoms with Crippen LogP contribution in [0.25, 0.3) is 0 Å². The molecule has 212 valence electrons. The number of ketones is 1. The maximum Gasteiger partial charge on any atom is 0.336 e. The molecular weight excluding hydrogens is 514 g/mol. The molecule has 0 bridgehead atoms. The molecule has 5 rings (SSSR count). The fraction of sp³-hybridized carbons (Fsp3) is 0.314. The highest BCUT2D eigenvalue weighted by atomic mass is 16.5. The normalized spacial score (nSPS) is 18.0. The highest BCUT2D eigenvalue weighted by molar-refractivity contribution is 6.04. The van der Waals surface area contributed by atoms with E-state index in [0.29, 0.717) is 54.2 Å². The zero-order valence-corrected chi connectivity index (χ0v) is 24.2. The number of hydrogen-bond donors (Lipinski definition) is 1. The van der Waals surface area contributed by atoms with Crippen molar-refractivity contribution in [2.75, 3.05) is 13.7 Å². The summed E-state index contributed by atoms with van der Waals surface area (Å²) >= 11 is 0. The molecule has 1 N–H and O–H groups in total.